The Morgan fingerprint density at radius 2 is 1.95 bits per heavy atom. The number of ether oxygens (including phenoxy) is 1. The van der Waals surface area contributed by atoms with Gasteiger partial charge in [-0.2, -0.15) is 0 Å². The molecular weight excluding hydrogens is 312 g/mol. The van der Waals surface area contributed by atoms with Crippen LogP contribution < -0.4 is 0 Å². The first-order valence-corrected chi connectivity index (χ1v) is 8.04. The highest BCUT2D eigenvalue weighted by atomic mass is 35.5. The van der Waals surface area contributed by atoms with Gasteiger partial charge in [0.15, 0.2) is 0 Å². The lowest BCUT2D eigenvalue weighted by Gasteiger charge is -2.28. The fourth-order valence-electron chi connectivity index (χ4n) is 2.45. The van der Waals surface area contributed by atoms with Crippen LogP contribution in [0.15, 0.2) is 22.5 Å². The molecule has 0 spiro atoms. The molecule has 0 bridgehead atoms. The van der Waals surface area contributed by atoms with Crippen molar-refractivity contribution in [3.05, 3.63) is 27.4 Å². The van der Waals surface area contributed by atoms with E-state index < -0.39 is 5.91 Å². The number of imide groups is 1. The van der Waals surface area contributed by atoms with Crippen LogP contribution in [0, 0.1) is 0 Å². The Balaban J connectivity index is 1.68. The standard InChI is InChI=1S/C14H15ClN2O3S/c15-12-11(10-2-1-9-21-10)13(18)17(14(12)19)4-3-16-5-7-20-8-6-16/h1-2,9H,3-8H2. The summed E-state index contributed by atoms with van der Waals surface area (Å²) in [5, 5.41) is 1.89. The molecule has 1 saturated heterocycles. The Labute approximate surface area is 131 Å². The maximum absolute atomic E-state index is 12.4. The molecular formula is C14H15ClN2O3S. The van der Waals surface area contributed by atoms with Gasteiger partial charge in [0.25, 0.3) is 11.8 Å². The molecule has 2 amide bonds. The summed E-state index contributed by atoms with van der Waals surface area (Å²) in [6.45, 7) is 4.07. The largest absolute Gasteiger partial charge is 0.379 e. The van der Waals surface area contributed by atoms with Gasteiger partial charge in [0, 0.05) is 31.1 Å². The lowest BCUT2D eigenvalue weighted by Crippen LogP contribution is -2.43. The van der Waals surface area contributed by atoms with Gasteiger partial charge in [0.1, 0.15) is 5.03 Å². The first-order chi connectivity index (χ1) is 10.2. The number of carbonyl (C=O) groups is 2. The van der Waals surface area contributed by atoms with Crippen LogP contribution in [0.25, 0.3) is 5.57 Å². The van der Waals surface area contributed by atoms with Gasteiger partial charge in [-0.1, -0.05) is 17.7 Å². The summed E-state index contributed by atoms with van der Waals surface area (Å²) in [5.41, 5.74) is 0.332. The number of nitrogens with zero attached hydrogens (tertiary/aromatic N) is 2. The molecule has 7 heteroatoms. The first kappa shape index (κ1) is 14.7. The quantitative estimate of drug-likeness (QED) is 0.785. The minimum absolute atomic E-state index is 0.0319. The lowest BCUT2D eigenvalue weighted by molar-refractivity contribution is -0.136. The van der Waals surface area contributed by atoms with Crippen molar-refractivity contribution in [1.82, 2.24) is 9.80 Å². The minimum Gasteiger partial charge on any atom is -0.379 e. The van der Waals surface area contributed by atoms with Crippen LogP contribution in [0.5, 0.6) is 0 Å². The summed E-state index contributed by atoms with van der Waals surface area (Å²) >= 11 is 7.48. The summed E-state index contributed by atoms with van der Waals surface area (Å²) < 4.78 is 5.28. The van der Waals surface area contributed by atoms with E-state index in [1.165, 1.54) is 16.2 Å². The van der Waals surface area contributed by atoms with Crippen LogP contribution in [0.3, 0.4) is 0 Å². The number of hydrogen-bond donors (Lipinski definition) is 0. The Morgan fingerprint density at radius 1 is 1.19 bits per heavy atom. The van der Waals surface area contributed by atoms with Crippen molar-refractivity contribution < 1.29 is 14.3 Å². The highest BCUT2D eigenvalue weighted by Gasteiger charge is 2.38. The number of carbonyl (C=O) groups excluding carboxylic acids is 2. The molecule has 3 rings (SSSR count). The molecule has 0 aromatic carbocycles. The Morgan fingerprint density at radius 3 is 2.62 bits per heavy atom. The van der Waals surface area contributed by atoms with Crippen LogP contribution in [0.2, 0.25) is 0 Å². The van der Waals surface area contributed by atoms with E-state index in [2.05, 4.69) is 4.90 Å². The minimum atomic E-state index is -0.390. The molecule has 0 atom stereocenters. The summed E-state index contributed by atoms with van der Waals surface area (Å²) in [6.07, 6.45) is 0. The van der Waals surface area contributed by atoms with E-state index in [0.717, 1.165) is 18.0 Å². The summed E-state index contributed by atoms with van der Waals surface area (Å²) in [7, 11) is 0. The number of amides is 2. The average Bonchev–Trinajstić information content (AvgIpc) is 3.08. The van der Waals surface area contributed by atoms with E-state index in [9.17, 15) is 9.59 Å². The van der Waals surface area contributed by atoms with Crippen LogP contribution in [-0.2, 0) is 14.3 Å². The second kappa shape index (κ2) is 6.27. The molecule has 0 unspecified atom stereocenters. The molecule has 2 aliphatic heterocycles. The Bertz CT molecular complexity index is 579. The third-order valence-corrected chi connectivity index (χ3v) is 4.86. The summed E-state index contributed by atoms with van der Waals surface area (Å²) in [5.74, 6) is -0.681. The molecule has 5 nitrogen and oxygen atoms in total. The molecule has 1 fully saturated rings. The third-order valence-electron chi connectivity index (χ3n) is 3.62. The summed E-state index contributed by atoms with van der Waals surface area (Å²) in [6, 6.07) is 3.64. The third kappa shape index (κ3) is 2.89. The average molecular weight is 327 g/mol. The smallest absolute Gasteiger partial charge is 0.273 e. The molecule has 1 aromatic heterocycles. The molecule has 0 saturated carbocycles. The zero-order valence-electron chi connectivity index (χ0n) is 11.4. The predicted molar refractivity (Wildman–Crippen MR) is 81.1 cm³/mol. The van der Waals surface area contributed by atoms with Crippen molar-refractivity contribution in [2.24, 2.45) is 0 Å². The second-order valence-corrected chi connectivity index (χ2v) is 6.21. The first-order valence-electron chi connectivity index (χ1n) is 6.78. The van der Waals surface area contributed by atoms with Crippen LogP contribution in [-0.4, -0.2) is 61.0 Å². The van der Waals surface area contributed by atoms with Crippen molar-refractivity contribution in [3.8, 4) is 0 Å². The van der Waals surface area contributed by atoms with Gasteiger partial charge < -0.3 is 4.74 Å². The van der Waals surface area contributed by atoms with Gasteiger partial charge in [-0.05, 0) is 11.4 Å². The zero-order chi connectivity index (χ0) is 14.8. The molecule has 21 heavy (non-hydrogen) atoms. The van der Waals surface area contributed by atoms with E-state index in [1.807, 2.05) is 11.4 Å². The van der Waals surface area contributed by atoms with Crippen molar-refractivity contribution >= 4 is 40.3 Å². The van der Waals surface area contributed by atoms with Gasteiger partial charge in [0.05, 0.1) is 18.8 Å². The van der Waals surface area contributed by atoms with Gasteiger partial charge in [-0.25, -0.2) is 0 Å². The van der Waals surface area contributed by atoms with E-state index in [1.54, 1.807) is 6.07 Å². The number of hydrogen-bond acceptors (Lipinski definition) is 5. The molecule has 112 valence electrons. The Kier molecular flexibility index (Phi) is 4.40. The Hall–Kier alpha value is -1.21. The molecule has 0 N–H and O–H groups in total. The SMILES string of the molecule is O=C1C(Cl)=C(c2cccs2)C(=O)N1CCN1CCOCC1. The topological polar surface area (TPSA) is 49.9 Å². The highest BCUT2D eigenvalue weighted by molar-refractivity contribution is 7.11. The van der Waals surface area contributed by atoms with Crippen molar-refractivity contribution in [3.63, 3.8) is 0 Å². The maximum atomic E-state index is 12.4. The van der Waals surface area contributed by atoms with E-state index in [4.69, 9.17) is 16.3 Å². The van der Waals surface area contributed by atoms with E-state index >= 15 is 0 Å². The molecule has 0 radical (unpaired) electrons. The normalized spacial score (nSPS) is 20.7. The fraction of sp³-hybridized carbons (Fsp3) is 0.429. The van der Waals surface area contributed by atoms with Crippen molar-refractivity contribution in [1.29, 1.82) is 0 Å². The molecule has 1 aromatic rings. The molecule has 2 aliphatic rings. The van der Waals surface area contributed by atoms with Crippen LogP contribution in [0.1, 0.15) is 4.88 Å². The molecule has 3 heterocycles. The maximum Gasteiger partial charge on any atom is 0.273 e. The summed E-state index contributed by atoms with van der Waals surface area (Å²) in [4.78, 5) is 28.8. The number of rotatable bonds is 4. The zero-order valence-corrected chi connectivity index (χ0v) is 13.0. The second-order valence-electron chi connectivity index (χ2n) is 4.88. The van der Waals surface area contributed by atoms with E-state index in [0.29, 0.717) is 31.9 Å². The van der Waals surface area contributed by atoms with Crippen LogP contribution in [0.4, 0.5) is 0 Å². The van der Waals surface area contributed by atoms with Gasteiger partial charge in [-0.3, -0.25) is 19.4 Å². The number of halogens is 1. The van der Waals surface area contributed by atoms with Crippen molar-refractivity contribution in [2.75, 3.05) is 39.4 Å². The lowest BCUT2D eigenvalue weighted by atomic mass is 10.2. The van der Waals surface area contributed by atoms with Crippen molar-refractivity contribution in [2.45, 2.75) is 0 Å². The van der Waals surface area contributed by atoms with Gasteiger partial charge in [-0.15, -0.1) is 11.3 Å². The number of morpholine rings is 1. The monoisotopic (exact) mass is 326 g/mol. The highest BCUT2D eigenvalue weighted by Crippen LogP contribution is 2.33. The van der Waals surface area contributed by atoms with E-state index in [-0.39, 0.29) is 10.9 Å². The predicted octanol–water partition coefficient (Wildman–Crippen LogP) is 1.40. The fourth-order valence-corrected chi connectivity index (χ4v) is 3.56. The van der Waals surface area contributed by atoms with Gasteiger partial charge >= 0.3 is 0 Å². The number of thiophene rings is 1. The van der Waals surface area contributed by atoms with Crippen LogP contribution >= 0.6 is 22.9 Å². The molecule has 0 aliphatic carbocycles. The van der Waals surface area contributed by atoms with Gasteiger partial charge in [0.2, 0.25) is 0 Å².